The van der Waals surface area contributed by atoms with Gasteiger partial charge in [-0.1, -0.05) is 76.6 Å². The van der Waals surface area contributed by atoms with Gasteiger partial charge < -0.3 is 39.7 Å². The van der Waals surface area contributed by atoms with Crippen LogP contribution in [0.5, 0.6) is 5.75 Å². The molecule has 1 aliphatic rings. The number of nitrogens with two attached hydrogens (primary N) is 1. The van der Waals surface area contributed by atoms with Crippen LogP contribution >= 0.6 is 15.9 Å². The van der Waals surface area contributed by atoms with Crippen molar-refractivity contribution >= 4 is 61.2 Å². The third kappa shape index (κ3) is 10.6. The Hall–Kier alpha value is -6.61. The second-order valence-electron chi connectivity index (χ2n) is 15.2. The first-order valence-electron chi connectivity index (χ1n) is 20.0. The van der Waals surface area contributed by atoms with Crippen molar-refractivity contribution in [1.29, 1.82) is 0 Å². The molecule has 8 aromatic rings. The molecule has 1 saturated heterocycles. The number of furan rings is 1. The van der Waals surface area contributed by atoms with Crippen LogP contribution in [0.3, 0.4) is 0 Å². The van der Waals surface area contributed by atoms with Gasteiger partial charge in [-0.2, -0.15) is 4.98 Å². The number of carbonyl (C=O) groups excluding carboxylic acids is 1. The number of ether oxygens (including phenoxy) is 1. The summed E-state index contributed by atoms with van der Waals surface area (Å²) in [6.07, 6.45) is 0. The molecule has 5 aromatic carbocycles. The summed E-state index contributed by atoms with van der Waals surface area (Å²) in [5.74, 6) is 3.09. The number of likely N-dealkylation sites (N-methyl/N-ethyl adjacent to an activating group) is 1. The van der Waals surface area contributed by atoms with Gasteiger partial charge in [-0.25, -0.2) is 14.4 Å². The Morgan fingerprint density at radius 1 is 0.839 bits per heavy atom. The fourth-order valence-electron chi connectivity index (χ4n) is 6.89. The first kappa shape index (κ1) is 43.5. The van der Waals surface area contributed by atoms with Crippen LogP contribution in [0.2, 0.25) is 0 Å². The lowest BCUT2D eigenvalue weighted by molar-refractivity contribution is 0.0632. The lowest BCUT2D eigenvalue weighted by Crippen LogP contribution is -2.47. The highest BCUT2D eigenvalue weighted by atomic mass is 79.9. The van der Waals surface area contributed by atoms with Gasteiger partial charge in [-0.05, 0) is 99.3 Å². The SMILES string of the molecule is CC(C)(O)c1nc2ccccc2n1Cc1ccc(F)cc1.CN1CCN(C(=O)c2ccc(-c3ccc(Br)cc3)o2)CC1.COc1ccccc1Nc1nc(N)c2ccccc2n1. The number of hydrogen-bond acceptors (Lipinski definition) is 10. The van der Waals surface area contributed by atoms with E-state index in [1.54, 1.807) is 39.2 Å². The minimum atomic E-state index is -1.04. The Balaban J connectivity index is 0.000000140. The molecule has 0 spiro atoms. The molecule has 3 aromatic heterocycles. The summed E-state index contributed by atoms with van der Waals surface area (Å²) in [4.78, 5) is 29.7. The Labute approximate surface area is 367 Å². The highest BCUT2D eigenvalue weighted by Gasteiger charge is 2.25. The number of imidazole rings is 1. The molecule has 0 aliphatic carbocycles. The predicted octanol–water partition coefficient (Wildman–Crippen LogP) is 9.51. The molecule has 0 radical (unpaired) electrons. The molecule has 1 amide bonds. The average Bonchev–Trinajstić information content (AvgIpc) is 3.92. The summed E-state index contributed by atoms with van der Waals surface area (Å²) in [6.45, 7) is 7.30. The summed E-state index contributed by atoms with van der Waals surface area (Å²) in [5.41, 5.74) is 10.2. The van der Waals surface area contributed by atoms with E-state index in [0.717, 1.165) is 80.9 Å². The third-order valence-corrected chi connectivity index (χ3v) is 10.7. The first-order chi connectivity index (χ1) is 29.9. The number of nitrogens with one attached hydrogen (secondary N) is 1. The smallest absolute Gasteiger partial charge is 0.289 e. The number of benzene rings is 5. The van der Waals surface area contributed by atoms with Crippen molar-refractivity contribution in [2.75, 3.05) is 51.4 Å². The first-order valence-corrected chi connectivity index (χ1v) is 20.8. The van der Waals surface area contributed by atoms with E-state index in [1.165, 1.54) is 12.1 Å². The van der Waals surface area contributed by atoms with Gasteiger partial charge in [0.1, 0.15) is 34.6 Å². The topological polar surface area (TPSA) is 148 Å². The molecule has 1 fully saturated rings. The lowest BCUT2D eigenvalue weighted by Gasteiger charge is -2.31. The third-order valence-electron chi connectivity index (χ3n) is 10.2. The number of anilines is 3. The van der Waals surface area contributed by atoms with E-state index in [2.05, 4.69) is 48.1 Å². The fraction of sp³-hybridized carbons (Fsp3) is 0.208. The summed E-state index contributed by atoms with van der Waals surface area (Å²) in [6, 6.07) is 40.8. The number of aliphatic hydroxyl groups is 1. The molecule has 4 N–H and O–H groups in total. The Morgan fingerprint density at radius 2 is 1.50 bits per heavy atom. The molecular weight excluding hydrogens is 851 g/mol. The maximum Gasteiger partial charge on any atom is 0.289 e. The van der Waals surface area contributed by atoms with Crippen molar-refractivity contribution in [1.82, 2.24) is 29.3 Å². The van der Waals surface area contributed by atoms with Crippen LogP contribution in [0.1, 0.15) is 35.8 Å². The average molecular weight is 900 g/mol. The molecular formula is C48H48BrFN8O4. The minimum Gasteiger partial charge on any atom is -0.495 e. The predicted molar refractivity (Wildman–Crippen MR) is 246 cm³/mol. The van der Waals surface area contributed by atoms with Crippen molar-refractivity contribution in [3.05, 3.63) is 161 Å². The van der Waals surface area contributed by atoms with E-state index in [4.69, 9.17) is 14.9 Å². The number of carbonyl (C=O) groups is 1. The van der Waals surface area contributed by atoms with Gasteiger partial charge in [0.25, 0.3) is 5.91 Å². The summed E-state index contributed by atoms with van der Waals surface area (Å²) >= 11 is 3.41. The van der Waals surface area contributed by atoms with E-state index in [0.29, 0.717) is 29.9 Å². The number of piperazine rings is 1. The second kappa shape index (κ2) is 19.4. The zero-order chi connectivity index (χ0) is 43.8. The van der Waals surface area contributed by atoms with E-state index in [-0.39, 0.29) is 11.7 Å². The maximum atomic E-state index is 13.0. The molecule has 9 rings (SSSR count). The fourth-order valence-corrected chi connectivity index (χ4v) is 7.15. The molecule has 0 saturated carbocycles. The normalized spacial score (nSPS) is 12.9. The van der Waals surface area contributed by atoms with E-state index in [1.807, 2.05) is 113 Å². The standard InChI is InChI=1S/C17H17FN2O.C16H17BrN2O2.C15H14N4O/c1-17(2,21)16-19-14-5-3-4-6-15(14)20(16)11-12-7-9-13(18)10-8-12;1-18-8-10-19(11-9-18)16(20)15-7-6-14(21-15)12-2-4-13(17)5-3-12;1-20-13-9-5-4-8-12(13)18-15-17-11-7-3-2-6-10(11)14(16)19-15/h3-10,21H,11H2,1-2H3;2-7H,8-11H2,1H3;2-9H,1H3,(H3,16,17,18,19). The number of nitrogens with zero attached hydrogens (tertiary/aromatic N) is 6. The second-order valence-corrected chi connectivity index (χ2v) is 16.2. The molecule has 318 valence electrons. The monoisotopic (exact) mass is 898 g/mol. The number of hydrogen-bond donors (Lipinski definition) is 3. The van der Waals surface area contributed by atoms with Gasteiger partial charge in [-0.15, -0.1) is 0 Å². The van der Waals surface area contributed by atoms with Gasteiger partial charge in [0.15, 0.2) is 5.76 Å². The van der Waals surface area contributed by atoms with Crippen molar-refractivity contribution in [2.45, 2.75) is 26.0 Å². The number of methoxy groups -OCH3 is 1. The van der Waals surface area contributed by atoms with Crippen LogP contribution < -0.4 is 15.8 Å². The summed E-state index contributed by atoms with van der Waals surface area (Å²) in [5, 5.41) is 14.3. The van der Waals surface area contributed by atoms with Crippen LogP contribution in [0.25, 0.3) is 33.3 Å². The van der Waals surface area contributed by atoms with E-state index >= 15 is 0 Å². The van der Waals surface area contributed by atoms with Gasteiger partial charge in [0, 0.05) is 48.1 Å². The number of aromatic nitrogens is 4. The highest BCUT2D eigenvalue weighted by Crippen LogP contribution is 2.29. The molecule has 0 bridgehead atoms. The van der Waals surface area contributed by atoms with Gasteiger partial charge in [0.05, 0.1) is 29.3 Å². The lowest BCUT2D eigenvalue weighted by atomic mass is 10.1. The summed E-state index contributed by atoms with van der Waals surface area (Å²) < 4.78 is 27.0. The van der Waals surface area contributed by atoms with Crippen molar-refractivity contribution in [3.63, 3.8) is 0 Å². The quantitative estimate of drug-likeness (QED) is 0.135. The highest BCUT2D eigenvalue weighted by molar-refractivity contribution is 9.10. The minimum absolute atomic E-state index is 0.0218. The molecule has 1 aliphatic heterocycles. The molecule has 62 heavy (non-hydrogen) atoms. The maximum absolute atomic E-state index is 13.0. The molecule has 4 heterocycles. The Kier molecular flexibility index (Phi) is 13.6. The van der Waals surface area contributed by atoms with E-state index < -0.39 is 5.60 Å². The van der Waals surface area contributed by atoms with Crippen LogP contribution in [0, 0.1) is 5.82 Å². The number of amides is 1. The molecule has 0 atom stereocenters. The van der Waals surface area contributed by atoms with E-state index in [9.17, 15) is 14.3 Å². The molecule has 12 nitrogen and oxygen atoms in total. The van der Waals surface area contributed by atoms with Crippen LogP contribution in [-0.4, -0.2) is 80.7 Å². The van der Waals surface area contributed by atoms with Gasteiger partial charge in [-0.3, -0.25) is 4.79 Å². The Morgan fingerprint density at radius 3 is 2.21 bits per heavy atom. The van der Waals surface area contributed by atoms with Crippen molar-refractivity contribution < 1.29 is 23.4 Å². The van der Waals surface area contributed by atoms with Crippen molar-refractivity contribution in [2.24, 2.45) is 0 Å². The van der Waals surface area contributed by atoms with Crippen LogP contribution in [-0.2, 0) is 12.1 Å². The number of nitrogen functional groups attached to an aromatic ring is 1. The summed E-state index contributed by atoms with van der Waals surface area (Å²) in [7, 11) is 3.69. The number of fused-ring (bicyclic) bond motifs is 2. The van der Waals surface area contributed by atoms with Crippen LogP contribution in [0.15, 0.2) is 142 Å². The zero-order valence-corrected chi connectivity index (χ0v) is 36.5. The largest absolute Gasteiger partial charge is 0.495 e. The zero-order valence-electron chi connectivity index (χ0n) is 34.9. The Bertz CT molecular complexity index is 2760. The number of halogens is 2. The van der Waals surface area contributed by atoms with Gasteiger partial charge in [0.2, 0.25) is 5.95 Å². The van der Waals surface area contributed by atoms with Gasteiger partial charge >= 0.3 is 0 Å². The number of para-hydroxylation sites is 5. The van der Waals surface area contributed by atoms with Crippen molar-refractivity contribution in [3.8, 4) is 17.1 Å². The van der Waals surface area contributed by atoms with Crippen LogP contribution in [0.4, 0.5) is 21.8 Å². The molecule has 14 heteroatoms. The molecule has 0 unspecified atom stereocenters. The number of rotatable bonds is 8.